The van der Waals surface area contributed by atoms with Crippen LogP contribution in [0, 0.1) is 16.0 Å². The van der Waals surface area contributed by atoms with Crippen molar-refractivity contribution in [3.05, 3.63) is 74.8 Å². The molecule has 1 aliphatic heterocycles. The number of fused-ring (bicyclic) bond motifs is 3. The molecule has 5 nitrogen and oxygen atoms in total. The van der Waals surface area contributed by atoms with E-state index in [1.807, 2.05) is 12.1 Å². The molecule has 0 fully saturated rings. The summed E-state index contributed by atoms with van der Waals surface area (Å²) in [4.78, 5) is 10.8. The summed E-state index contributed by atoms with van der Waals surface area (Å²) in [6.07, 6.45) is 5.28. The van der Waals surface area contributed by atoms with E-state index in [0.717, 1.165) is 23.4 Å². The number of nitrogens with one attached hydrogen (secondary N) is 1. The summed E-state index contributed by atoms with van der Waals surface area (Å²) in [6, 6.07) is 10.5. The average Bonchev–Trinajstić information content (AvgIpc) is 3.11. The van der Waals surface area contributed by atoms with Crippen molar-refractivity contribution in [2.45, 2.75) is 18.4 Å². The van der Waals surface area contributed by atoms with Gasteiger partial charge in [0.05, 0.1) is 23.8 Å². The molecule has 0 unspecified atom stereocenters. The van der Waals surface area contributed by atoms with Crippen LogP contribution in [0.5, 0.6) is 5.75 Å². The van der Waals surface area contributed by atoms with Gasteiger partial charge in [-0.3, -0.25) is 10.1 Å². The van der Waals surface area contributed by atoms with Crippen molar-refractivity contribution in [2.24, 2.45) is 5.92 Å². The summed E-state index contributed by atoms with van der Waals surface area (Å²) in [5.74, 6) is 1.27. The molecule has 3 atom stereocenters. The van der Waals surface area contributed by atoms with E-state index in [4.69, 9.17) is 16.3 Å². The number of nitro benzene ring substituents is 1. The van der Waals surface area contributed by atoms with Crippen LogP contribution in [0.2, 0.25) is 5.02 Å². The molecule has 2 aromatic carbocycles. The molecule has 0 amide bonds. The smallest absolute Gasteiger partial charge is 0.269 e. The quantitative estimate of drug-likeness (QED) is 0.473. The van der Waals surface area contributed by atoms with Gasteiger partial charge in [-0.25, -0.2) is 0 Å². The van der Waals surface area contributed by atoms with Gasteiger partial charge in [0.1, 0.15) is 5.75 Å². The van der Waals surface area contributed by atoms with Crippen LogP contribution in [0.1, 0.15) is 29.5 Å². The first-order chi connectivity index (χ1) is 12.1. The van der Waals surface area contributed by atoms with Crippen LogP contribution in [-0.2, 0) is 0 Å². The number of halogens is 1. The number of hydrogen-bond donors (Lipinski definition) is 1. The van der Waals surface area contributed by atoms with E-state index in [1.54, 1.807) is 19.2 Å². The highest BCUT2D eigenvalue weighted by molar-refractivity contribution is 6.31. The molecular formula is C19H17ClN2O3. The normalized spacial score (nSPS) is 23.5. The summed E-state index contributed by atoms with van der Waals surface area (Å²) in [7, 11) is 1.64. The zero-order chi connectivity index (χ0) is 17.6. The van der Waals surface area contributed by atoms with E-state index in [2.05, 4.69) is 23.5 Å². The molecule has 2 aliphatic rings. The van der Waals surface area contributed by atoms with Gasteiger partial charge in [0, 0.05) is 28.6 Å². The van der Waals surface area contributed by atoms with Crippen molar-refractivity contribution in [2.75, 3.05) is 12.4 Å². The van der Waals surface area contributed by atoms with Crippen LogP contribution in [-0.4, -0.2) is 12.0 Å². The second kappa shape index (κ2) is 6.08. The molecule has 1 heterocycles. The van der Waals surface area contributed by atoms with Crippen molar-refractivity contribution < 1.29 is 9.66 Å². The van der Waals surface area contributed by atoms with Crippen LogP contribution in [0.3, 0.4) is 0 Å². The van der Waals surface area contributed by atoms with E-state index in [0.29, 0.717) is 5.02 Å². The van der Waals surface area contributed by atoms with Crippen molar-refractivity contribution >= 4 is 23.0 Å². The van der Waals surface area contributed by atoms with Gasteiger partial charge in [0.25, 0.3) is 5.69 Å². The molecule has 1 aliphatic carbocycles. The Hall–Kier alpha value is -2.53. The maximum atomic E-state index is 11.2. The number of nitro groups is 1. The fraction of sp³-hybridized carbons (Fsp3) is 0.263. The lowest BCUT2D eigenvalue weighted by atomic mass is 9.77. The number of allylic oxidation sites excluding steroid dienone is 2. The number of benzene rings is 2. The highest BCUT2D eigenvalue weighted by Crippen LogP contribution is 2.53. The Morgan fingerprint density at radius 2 is 2.12 bits per heavy atom. The zero-order valence-corrected chi connectivity index (χ0v) is 14.4. The number of para-hydroxylation sites is 1. The van der Waals surface area contributed by atoms with Gasteiger partial charge in [-0.2, -0.15) is 0 Å². The second-order valence-electron chi connectivity index (χ2n) is 6.36. The van der Waals surface area contributed by atoms with Crippen LogP contribution in [0.15, 0.2) is 48.6 Å². The van der Waals surface area contributed by atoms with Gasteiger partial charge in [-0.1, -0.05) is 35.9 Å². The maximum Gasteiger partial charge on any atom is 0.269 e. The minimum Gasteiger partial charge on any atom is -0.495 e. The molecule has 25 heavy (non-hydrogen) atoms. The highest BCUT2D eigenvalue weighted by Gasteiger charge is 2.40. The number of non-ortho nitro benzene ring substituents is 1. The van der Waals surface area contributed by atoms with Crippen LogP contribution in [0.4, 0.5) is 11.4 Å². The summed E-state index contributed by atoms with van der Waals surface area (Å²) in [6.45, 7) is 0. The molecule has 128 valence electrons. The van der Waals surface area contributed by atoms with Gasteiger partial charge < -0.3 is 10.1 Å². The number of ether oxygens (including phenoxy) is 1. The summed E-state index contributed by atoms with van der Waals surface area (Å²) >= 11 is 6.41. The fourth-order valence-electron chi connectivity index (χ4n) is 3.95. The van der Waals surface area contributed by atoms with Crippen molar-refractivity contribution in [3.63, 3.8) is 0 Å². The van der Waals surface area contributed by atoms with E-state index in [9.17, 15) is 10.1 Å². The van der Waals surface area contributed by atoms with E-state index in [1.165, 1.54) is 11.6 Å². The third-order valence-electron chi connectivity index (χ3n) is 5.10. The number of methoxy groups -OCH3 is 1. The molecule has 2 aromatic rings. The van der Waals surface area contributed by atoms with Crippen LogP contribution in [0.25, 0.3) is 0 Å². The minimum atomic E-state index is -0.387. The predicted molar refractivity (Wildman–Crippen MR) is 97.5 cm³/mol. The molecule has 0 saturated heterocycles. The predicted octanol–water partition coefficient (Wildman–Crippen LogP) is 5.08. The van der Waals surface area contributed by atoms with Crippen molar-refractivity contribution in [1.29, 1.82) is 0 Å². The summed E-state index contributed by atoms with van der Waals surface area (Å²) in [5, 5.41) is 15.3. The Kier molecular flexibility index (Phi) is 3.88. The first kappa shape index (κ1) is 16.0. The molecule has 6 heteroatoms. The minimum absolute atomic E-state index is 0.0505. The Morgan fingerprint density at radius 1 is 1.28 bits per heavy atom. The van der Waals surface area contributed by atoms with E-state index in [-0.39, 0.29) is 28.5 Å². The zero-order valence-electron chi connectivity index (χ0n) is 13.6. The Bertz CT molecular complexity index is 881. The second-order valence-corrected chi connectivity index (χ2v) is 6.77. The Balaban J connectivity index is 1.84. The summed E-state index contributed by atoms with van der Waals surface area (Å²) < 4.78 is 5.51. The van der Waals surface area contributed by atoms with Crippen molar-refractivity contribution in [3.8, 4) is 5.75 Å². The van der Waals surface area contributed by atoms with Gasteiger partial charge in [0.15, 0.2) is 0 Å². The molecule has 0 saturated carbocycles. The van der Waals surface area contributed by atoms with E-state index < -0.39 is 0 Å². The number of anilines is 1. The topological polar surface area (TPSA) is 64.4 Å². The maximum absolute atomic E-state index is 11.2. The third kappa shape index (κ3) is 2.55. The number of nitrogens with zero attached hydrogens (tertiary/aromatic N) is 1. The molecular weight excluding hydrogens is 340 g/mol. The Morgan fingerprint density at radius 3 is 2.88 bits per heavy atom. The van der Waals surface area contributed by atoms with Crippen molar-refractivity contribution in [1.82, 2.24) is 0 Å². The lowest BCUT2D eigenvalue weighted by Gasteiger charge is -2.38. The third-order valence-corrected chi connectivity index (χ3v) is 5.45. The SMILES string of the molecule is COc1cccc2c1N[C@H](c1cc([N+](=O)[O-])ccc1Cl)[C@H]1CC=C[C@H]21. The molecule has 1 N–H and O–H groups in total. The molecule has 0 aromatic heterocycles. The monoisotopic (exact) mass is 356 g/mol. The fourth-order valence-corrected chi connectivity index (χ4v) is 4.19. The number of hydrogen-bond acceptors (Lipinski definition) is 4. The molecule has 0 radical (unpaired) electrons. The van der Waals surface area contributed by atoms with E-state index >= 15 is 0 Å². The summed E-state index contributed by atoms with van der Waals surface area (Å²) in [5.41, 5.74) is 2.93. The highest BCUT2D eigenvalue weighted by atomic mass is 35.5. The van der Waals surface area contributed by atoms with Gasteiger partial charge in [0.2, 0.25) is 0 Å². The lowest BCUT2D eigenvalue weighted by Crippen LogP contribution is -2.29. The van der Waals surface area contributed by atoms with Gasteiger partial charge in [-0.05, 0) is 30.0 Å². The first-order valence-corrected chi connectivity index (χ1v) is 8.52. The molecule has 4 rings (SSSR count). The van der Waals surface area contributed by atoms with Crippen LogP contribution < -0.4 is 10.1 Å². The molecule has 0 spiro atoms. The van der Waals surface area contributed by atoms with Gasteiger partial charge >= 0.3 is 0 Å². The van der Waals surface area contributed by atoms with Crippen LogP contribution >= 0.6 is 11.6 Å². The largest absolute Gasteiger partial charge is 0.495 e. The number of rotatable bonds is 3. The Labute approximate surface area is 150 Å². The standard InChI is InChI=1S/C19H17ClN2O3/c1-25-17-7-3-6-14-12-4-2-5-13(12)18(21-19(14)17)15-10-11(22(23)24)8-9-16(15)20/h2-4,6-10,12-13,18,21H,5H2,1H3/t12-,13-,18-/m0/s1. The first-order valence-electron chi connectivity index (χ1n) is 8.14. The van der Waals surface area contributed by atoms with Gasteiger partial charge in [-0.15, -0.1) is 0 Å². The molecule has 0 bridgehead atoms. The average molecular weight is 357 g/mol. The lowest BCUT2D eigenvalue weighted by molar-refractivity contribution is -0.384.